The molecule has 25 heavy (non-hydrogen) atoms. The van der Waals surface area contributed by atoms with Gasteiger partial charge in [0.15, 0.2) is 0 Å². The fraction of sp³-hybridized carbons (Fsp3) is 0.222. The Balaban J connectivity index is 2.36. The number of nitrogens with two attached hydrogens (primary N) is 1. The van der Waals surface area contributed by atoms with E-state index >= 15 is 0 Å². The zero-order valence-corrected chi connectivity index (χ0v) is 13.9. The lowest BCUT2D eigenvalue weighted by Crippen LogP contribution is -2.35. The van der Waals surface area contributed by atoms with Crippen LogP contribution in [0.25, 0.3) is 0 Å². The Morgan fingerprint density at radius 1 is 1.16 bits per heavy atom. The highest BCUT2D eigenvalue weighted by molar-refractivity contribution is 5.98. The van der Waals surface area contributed by atoms with Crippen molar-refractivity contribution in [2.45, 2.75) is 13.0 Å². The molecule has 3 N–H and O–H groups in total. The molecule has 0 saturated carbocycles. The summed E-state index contributed by atoms with van der Waals surface area (Å²) in [6.07, 6.45) is 0. The maximum atomic E-state index is 14.0. The third kappa shape index (κ3) is 4.19. The van der Waals surface area contributed by atoms with E-state index in [9.17, 15) is 18.4 Å². The number of hydrogen-bond acceptors (Lipinski definition) is 3. The number of anilines is 1. The summed E-state index contributed by atoms with van der Waals surface area (Å²) < 4.78 is 27.5. The van der Waals surface area contributed by atoms with Crippen molar-refractivity contribution in [3.63, 3.8) is 0 Å². The van der Waals surface area contributed by atoms with Crippen LogP contribution in [0.3, 0.4) is 0 Å². The van der Waals surface area contributed by atoms with Gasteiger partial charge in [-0.25, -0.2) is 8.78 Å². The Bertz CT molecular complexity index is 781. The molecule has 0 aliphatic rings. The van der Waals surface area contributed by atoms with E-state index in [-0.39, 0.29) is 5.69 Å². The van der Waals surface area contributed by atoms with E-state index in [1.807, 2.05) is 13.0 Å². The Labute approximate surface area is 144 Å². The van der Waals surface area contributed by atoms with Crippen molar-refractivity contribution in [1.82, 2.24) is 4.90 Å². The zero-order chi connectivity index (χ0) is 18.6. The van der Waals surface area contributed by atoms with Gasteiger partial charge < -0.3 is 11.1 Å². The first-order valence-electron chi connectivity index (χ1n) is 7.70. The number of likely N-dealkylation sites (N-methyl/N-ethyl adjacent to an activating group) is 1. The van der Waals surface area contributed by atoms with Gasteiger partial charge in [-0.3, -0.25) is 14.5 Å². The summed E-state index contributed by atoms with van der Waals surface area (Å²) in [5.41, 5.74) is 5.00. The van der Waals surface area contributed by atoms with Crippen LogP contribution in [0, 0.1) is 11.6 Å². The number of rotatable bonds is 6. The lowest BCUT2D eigenvalue weighted by molar-refractivity contribution is -0.121. The van der Waals surface area contributed by atoms with Gasteiger partial charge in [0.1, 0.15) is 17.7 Å². The lowest BCUT2D eigenvalue weighted by Gasteiger charge is -2.26. The van der Waals surface area contributed by atoms with Crippen LogP contribution in [0.2, 0.25) is 0 Å². The van der Waals surface area contributed by atoms with Crippen LogP contribution in [0.4, 0.5) is 14.5 Å². The first kappa shape index (κ1) is 18.5. The zero-order valence-electron chi connectivity index (χ0n) is 13.9. The molecule has 5 nitrogen and oxygen atoms in total. The normalized spacial score (nSPS) is 12.0. The number of amides is 2. The van der Waals surface area contributed by atoms with Crippen LogP contribution in [0.15, 0.2) is 42.5 Å². The van der Waals surface area contributed by atoms with E-state index in [2.05, 4.69) is 5.32 Å². The molecule has 0 radical (unpaired) electrons. The quantitative estimate of drug-likeness (QED) is 0.844. The number of carbonyl (C=O) groups is 2. The molecule has 0 fully saturated rings. The van der Waals surface area contributed by atoms with Crippen molar-refractivity contribution < 1.29 is 18.4 Å². The first-order chi connectivity index (χ1) is 11.8. The van der Waals surface area contributed by atoms with Gasteiger partial charge in [-0.1, -0.05) is 37.3 Å². The number of hydrogen-bond donors (Lipinski definition) is 2. The van der Waals surface area contributed by atoms with Gasteiger partial charge in [-0.2, -0.15) is 0 Å². The molecule has 2 rings (SSSR count). The Kier molecular flexibility index (Phi) is 5.82. The maximum absolute atomic E-state index is 14.0. The molecule has 0 spiro atoms. The molecule has 0 aliphatic carbocycles. The van der Waals surface area contributed by atoms with Crippen LogP contribution in [0.1, 0.15) is 28.9 Å². The molecule has 0 heterocycles. The maximum Gasteiger partial charge on any atom is 0.251 e. The molecule has 2 amide bonds. The van der Waals surface area contributed by atoms with Gasteiger partial charge in [-0.05, 0) is 25.2 Å². The number of nitrogens with one attached hydrogen (secondary N) is 1. The first-order valence-corrected chi connectivity index (χ1v) is 7.70. The van der Waals surface area contributed by atoms with Crippen LogP contribution >= 0.6 is 0 Å². The molecular formula is C18H19F2N3O2. The minimum Gasteiger partial charge on any atom is -0.366 e. The molecule has 0 aromatic heterocycles. The second-order valence-electron chi connectivity index (χ2n) is 5.55. The number of carbonyl (C=O) groups excluding carboxylic acids is 2. The second-order valence-corrected chi connectivity index (χ2v) is 5.55. The van der Waals surface area contributed by atoms with Gasteiger partial charge >= 0.3 is 0 Å². The van der Waals surface area contributed by atoms with E-state index in [1.54, 1.807) is 36.2 Å². The van der Waals surface area contributed by atoms with Crippen molar-refractivity contribution in [3.05, 3.63) is 65.2 Å². The Morgan fingerprint density at radius 3 is 2.36 bits per heavy atom. The summed E-state index contributed by atoms with van der Waals surface area (Å²) in [6, 6.07) is 9.73. The van der Waals surface area contributed by atoms with E-state index in [0.29, 0.717) is 12.6 Å². The molecular weight excluding hydrogens is 328 g/mol. The standard InChI is InChI=1S/C18H19F2N3O2/c1-3-23(2)16(11-7-5-4-6-8-11)18(25)22-15-9-12(17(21)24)13(19)10-14(15)20/h4-10,16H,3H2,1-2H3,(H2,21,24)(H,22,25)/t16-/m1/s1. The van der Waals surface area contributed by atoms with Gasteiger partial charge in [0, 0.05) is 6.07 Å². The number of nitrogens with zero attached hydrogens (tertiary/aromatic N) is 1. The van der Waals surface area contributed by atoms with Crippen LogP contribution in [-0.4, -0.2) is 30.3 Å². The third-order valence-electron chi connectivity index (χ3n) is 3.88. The predicted molar refractivity (Wildman–Crippen MR) is 91.0 cm³/mol. The molecule has 7 heteroatoms. The summed E-state index contributed by atoms with van der Waals surface area (Å²) in [5.74, 6) is -3.61. The van der Waals surface area contributed by atoms with Crippen LogP contribution in [0.5, 0.6) is 0 Å². The smallest absolute Gasteiger partial charge is 0.251 e. The molecule has 2 aromatic rings. The van der Waals surface area contributed by atoms with Crippen molar-refractivity contribution in [2.24, 2.45) is 5.73 Å². The second kappa shape index (κ2) is 7.85. The minimum absolute atomic E-state index is 0.300. The summed E-state index contributed by atoms with van der Waals surface area (Å²) in [7, 11) is 1.76. The van der Waals surface area contributed by atoms with E-state index in [0.717, 1.165) is 11.6 Å². The highest BCUT2D eigenvalue weighted by Crippen LogP contribution is 2.24. The minimum atomic E-state index is -1.08. The average molecular weight is 347 g/mol. The molecule has 1 atom stereocenters. The summed E-state index contributed by atoms with van der Waals surface area (Å²) >= 11 is 0. The predicted octanol–water partition coefficient (Wildman–Crippen LogP) is 2.70. The molecule has 0 unspecified atom stereocenters. The summed E-state index contributed by atoms with van der Waals surface area (Å²) in [4.78, 5) is 25.7. The largest absolute Gasteiger partial charge is 0.366 e. The van der Waals surface area contributed by atoms with Gasteiger partial charge in [0.25, 0.3) is 5.91 Å². The van der Waals surface area contributed by atoms with Gasteiger partial charge in [-0.15, -0.1) is 0 Å². The van der Waals surface area contributed by atoms with E-state index in [4.69, 9.17) is 5.73 Å². The number of primary amides is 1. The summed E-state index contributed by atoms with van der Waals surface area (Å²) in [5, 5.41) is 2.42. The van der Waals surface area contributed by atoms with Crippen LogP contribution < -0.4 is 11.1 Å². The van der Waals surface area contributed by atoms with Gasteiger partial charge in [0.2, 0.25) is 5.91 Å². The highest BCUT2D eigenvalue weighted by Gasteiger charge is 2.25. The van der Waals surface area contributed by atoms with Crippen molar-refractivity contribution in [2.75, 3.05) is 18.9 Å². The highest BCUT2D eigenvalue weighted by atomic mass is 19.1. The molecule has 0 aliphatic heterocycles. The molecule has 132 valence electrons. The topological polar surface area (TPSA) is 75.4 Å². The van der Waals surface area contributed by atoms with Gasteiger partial charge in [0.05, 0.1) is 11.3 Å². The molecule has 0 saturated heterocycles. The Morgan fingerprint density at radius 2 is 1.80 bits per heavy atom. The van der Waals surface area contributed by atoms with Crippen molar-refractivity contribution in [1.29, 1.82) is 0 Å². The Hall–Kier alpha value is -2.80. The monoisotopic (exact) mass is 347 g/mol. The van der Waals surface area contributed by atoms with Crippen LogP contribution in [-0.2, 0) is 4.79 Å². The van der Waals surface area contributed by atoms with Crippen molar-refractivity contribution in [3.8, 4) is 0 Å². The fourth-order valence-corrected chi connectivity index (χ4v) is 2.46. The SMILES string of the molecule is CCN(C)[C@@H](C(=O)Nc1cc(C(N)=O)c(F)cc1F)c1ccccc1. The number of halogens is 2. The lowest BCUT2D eigenvalue weighted by atomic mass is 10.0. The number of benzene rings is 2. The molecule has 2 aromatic carbocycles. The molecule has 0 bridgehead atoms. The van der Waals surface area contributed by atoms with E-state index < -0.39 is 35.1 Å². The third-order valence-corrected chi connectivity index (χ3v) is 3.88. The fourth-order valence-electron chi connectivity index (χ4n) is 2.46. The summed E-state index contributed by atoms with van der Waals surface area (Å²) in [6.45, 7) is 2.46. The van der Waals surface area contributed by atoms with E-state index in [1.165, 1.54) is 0 Å². The van der Waals surface area contributed by atoms with Crippen molar-refractivity contribution >= 4 is 17.5 Å². The average Bonchev–Trinajstić information content (AvgIpc) is 2.58.